The molecule has 2 N–H and O–H groups in total. The molecule has 0 aromatic carbocycles. The zero-order valence-corrected chi connectivity index (χ0v) is 13.6. The van der Waals surface area contributed by atoms with Gasteiger partial charge in [0.25, 0.3) is 0 Å². The van der Waals surface area contributed by atoms with Crippen LogP contribution in [0.15, 0.2) is 17.5 Å². The highest BCUT2D eigenvalue weighted by Crippen LogP contribution is 2.38. The largest absolute Gasteiger partial charge is 0.496 e. The van der Waals surface area contributed by atoms with E-state index in [2.05, 4.69) is 10.4 Å². The van der Waals surface area contributed by atoms with Gasteiger partial charge in [0.05, 0.1) is 17.6 Å². The molecule has 3 rings (SSSR count). The van der Waals surface area contributed by atoms with Gasteiger partial charge in [0, 0.05) is 30.5 Å². The van der Waals surface area contributed by atoms with Gasteiger partial charge < -0.3 is 15.2 Å². The Morgan fingerprint density at radius 1 is 1.55 bits per heavy atom. The molecular formula is C15H19N3O3S. The standard InChI is InChI=1S/C15H19N3O3S/c1-15(20)6-9(7-15)14(19)16-13-5-11(17-18(13)2)12-4-10(21-3)8-22-12/h4-5,8-9,20H,6-7H2,1-3H3,(H,16,19). The van der Waals surface area contributed by atoms with Crippen molar-refractivity contribution in [2.45, 2.75) is 25.4 Å². The minimum Gasteiger partial charge on any atom is -0.496 e. The number of hydrogen-bond donors (Lipinski definition) is 2. The fraction of sp³-hybridized carbons (Fsp3) is 0.467. The predicted molar refractivity (Wildman–Crippen MR) is 85.1 cm³/mol. The van der Waals surface area contributed by atoms with Gasteiger partial charge >= 0.3 is 0 Å². The molecule has 0 saturated heterocycles. The third-order valence-corrected chi connectivity index (χ3v) is 4.87. The van der Waals surface area contributed by atoms with Crippen molar-refractivity contribution in [3.8, 4) is 16.3 Å². The van der Waals surface area contributed by atoms with Crippen molar-refractivity contribution in [2.24, 2.45) is 13.0 Å². The fourth-order valence-corrected chi connectivity index (χ4v) is 3.49. The SMILES string of the molecule is COc1csc(-c2cc(NC(=O)C3CC(C)(O)C3)n(C)n2)c1. The molecule has 6 nitrogen and oxygen atoms in total. The van der Waals surface area contributed by atoms with Gasteiger partial charge in [0.1, 0.15) is 17.3 Å². The summed E-state index contributed by atoms with van der Waals surface area (Å²) in [4.78, 5) is 13.1. The first-order valence-corrected chi connectivity index (χ1v) is 7.96. The van der Waals surface area contributed by atoms with E-state index in [9.17, 15) is 9.90 Å². The molecule has 22 heavy (non-hydrogen) atoms. The number of carbonyl (C=O) groups is 1. The monoisotopic (exact) mass is 321 g/mol. The van der Waals surface area contributed by atoms with Gasteiger partial charge in [-0.15, -0.1) is 11.3 Å². The van der Waals surface area contributed by atoms with Crippen molar-refractivity contribution in [3.63, 3.8) is 0 Å². The number of ether oxygens (including phenoxy) is 1. The number of rotatable bonds is 4. The smallest absolute Gasteiger partial charge is 0.228 e. The van der Waals surface area contributed by atoms with Crippen molar-refractivity contribution in [3.05, 3.63) is 17.5 Å². The summed E-state index contributed by atoms with van der Waals surface area (Å²) in [6, 6.07) is 3.77. The Bertz CT molecular complexity index is 697. The summed E-state index contributed by atoms with van der Waals surface area (Å²) in [5.74, 6) is 1.26. The second-order valence-corrected chi connectivity index (χ2v) is 6.89. The average molecular weight is 321 g/mol. The first kappa shape index (κ1) is 15.1. The van der Waals surface area contributed by atoms with Crippen LogP contribution in [-0.4, -0.2) is 33.5 Å². The van der Waals surface area contributed by atoms with E-state index in [1.165, 1.54) is 0 Å². The molecule has 2 heterocycles. The van der Waals surface area contributed by atoms with E-state index in [1.54, 1.807) is 37.1 Å². The summed E-state index contributed by atoms with van der Waals surface area (Å²) in [5.41, 5.74) is 0.0966. The molecule has 1 aliphatic carbocycles. The lowest BCUT2D eigenvalue weighted by Crippen LogP contribution is -2.46. The van der Waals surface area contributed by atoms with Gasteiger partial charge in [0.15, 0.2) is 0 Å². The lowest BCUT2D eigenvalue weighted by molar-refractivity contribution is -0.133. The molecular weight excluding hydrogens is 302 g/mol. The Kier molecular flexibility index (Phi) is 3.70. The summed E-state index contributed by atoms with van der Waals surface area (Å²) >= 11 is 1.54. The third-order valence-electron chi connectivity index (χ3n) is 3.94. The lowest BCUT2D eigenvalue weighted by Gasteiger charge is -2.39. The Morgan fingerprint density at radius 2 is 2.27 bits per heavy atom. The van der Waals surface area contributed by atoms with Crippen LogP contribution in [0.3, 0.4) is 0 Å². The summed E-state index contributed by atoms with van der Waals surface area (Å²) in [6.45, 7) is 1.75. The van der Waals surface area contributed by atoms with Crippen LogP contribution in [0.4, 0.5) is 5.82 Å². The van der Waals surface area contributed by atoms with Crippen molar-refractivity contribution in [1.29, 1.82) is 0 Å². The number of nitrogens with one attached hydrogen (secondary N) is 1. The second-order valence-electron chi connectivity index (χ2n) is 5.98. The molecule has 2 aromatic rings. The molecule has 0 spiro atoms. The maximum absolute atomic E-state index is 12.2. The van der Waals surface area contributed by atoms with Gasteiger partial charge in [-0.1, -0.05) is 0 Å². The van der Waals surface area contributed by atoms with Crippen LogP contribution in [0.25, 0.3) is 10.6 Å². The highest BCUT2D eigenvalue weighted by atomic mass is 32.1. The van der Waals surface area contributed by atoms with E-state index >= 15 is 0 Å². The number of aryl methyl sites for hydroxylation is 1. The van der Waals surface area contributed by atoms with E-state index in [1.807, 2.05) is 17.5 Å². The van der Waals surface area contributed by atoms with E-state index in [0.29, 0.717) is 18.7 Å². The van der Waals surface area contributed by atoms with Crippen molar-refractivity contribution < 1.29 is 14.6 Å². The minimum atomic E-state index is -0.701. The molecule has 0 radical (unpaired) electrons. The highest BCUT2D eigenvalue weighted by molar-refractivity contribution is 7.13. The molecule has 1 aliphatic rings. The maximum Gasteiger partial charge on any atom is 0.228 e. The summed E-state index contributed by atoms with van der Waals surface area (Å²) in [6.07, 6.45) is 1.01. The van der Waals surface area contributed by atoms with E-state index in [-0.39, 0.29) is 11.8 Å². The summed E-state index contributed by atoms with van der Waals surface area (Å²) < 4.78 is 6.82. The van der Waals surface area contributed by atoms with E-state index < -0.39 is 5.60 Å². The number of carbonyl (C=O) groups excluding carboxylic acids is 1. The number of amides is 1. The number of aliphatic hydroxyl groups is 1. The number of aromatic nitrogens is 2. The second kappa shape index (κ2) is 5.40. The fourth-order valence-electron chi connectivity index (χ4n) is 2.68. The van der Waals surface area contributed by atoms with Gasteiger partial charge in [-0.05, 0) is 19.8 Å². The Hall–Kier alpha value is -1.86. The minimum absolute atomic E-state index is 0.0650. The normalized spacial score (nSPS) is 23.9. The van der Waals surface area contributed by atoms with Crippen LogP contribution in [0.2, 0.25) is 0 Å². The molecule has 1 saturated carbocycles. The molecule has 1 amide bonds. The molecule has 2 aromatic heterocycles. The Balaban J connectivity index is 1.71. The molecule has 1 fully saturated rings. The number of nitrogens with zero attached hydrogens (tertiary/aromatic N) is 2. The van der Waals surface area contributed by atoms with Gasteiger partial charge in [-0.3, -0.25) is 9.48 Å². The van der Waals surface area contributed by atoms with Gasteiger partial charge in [-0.2, -0.15) is 5.10 Å². The van der Waals surface area contributed by atoms with Crippen molar-refractivity contribution in [2.75, 3.05) is 12.4 Å². The lowest BCUT2D eigenvalue weighted by atomic mass is 9.72. The van der Waals surface area contributed by atoms with Crippen molar-refractivity contribution >= 4 is 23.1 Å². The van der Waals surface area contributed by atoms with Crippen LogP contribution in [-0.2, 0) is 11.8 Å². The maximum atomic E-state index is 12.2. The summed E-state index contributed by atoms with van der Waals surface area (Å²) in [5, 5.41) is 18.9. The molecule has 0 bridgehead atoms. The van der Waals surface area contributed by atoms with E-state index in [4.69, 9.17) is 4.74 Å². The molecule has 7 heteroatoms. The zero-order chi connectivity index (χ0) is 15.9. The number of methoxy groups -OCH3 is 1. The number of thiophene rings is 1. The van der Waals surface area contributed by atoms with Crippen LogP contribution in [0.1, 0.15) is 19.8 Å². The van der Waals surface area contributed by atoms with Crippen LogP contribution >= 0.6 is 11.3 Å². The predicted octanol–water partition coefficient (Wildman–Crippen LogP) is 2.26. The molecule has 0 aliphatic heterocycles. The van der Waals surface area contributed by atoms with E-state index in [0.717, 1.165) is 16.3 Å². The summed E-state index contributed by atoms with van der Waals surface area (Å²) in [7, 11) is 3.42. The Morgan fingerprint density at radius 3 is 2.86 bits per heavy atom. The quantitative estimate of drug-likeness (QED) is 0.905. The van der Waals surface area contributed by atoms with Gasteiger partial charge in [0.2, 0.25) is 5.91 Å². The third kappa shape index (κ3) is 2.86. The van der Waals surface area contributed by atoms with Crippen molar-refractivity contribution in [1.82, 2.24) is 9.78 Å². The molecule has 0 atom stereocenters. The van der Waals surface area contributed by atoms with Crippen LogP contribution in [0, 0.1) is 5.92 Å². The van der Waals surface area contributed by atoms with Crippen LogP contribution < -0.4 is 10.1 Å². The van der Waals surface area contributed by atoms with Gasteiger partial charge in [-0.25, -0.2) is 0 Å². The average Bonchev–Trinajstić information content (AvgIpc) is 3.03. The number of anilines is 1. The number of hydrogen-bond acceptors (Lipinski definition) is 5. The Labute approximate surface area is 132 Å². The first-order valence-electron chi connectivity index (χ1n) is 7.08. The first-order chi connectivity index (χ1) is 10.4. The molecule has 0 unspecified atom stereocenters. The zero-order valence-electron chi connectivity index (χ0n) is 12.8. The van der Waals surface area contributed by atoms with Crippen LogP contribution in [0.5, 0.6) is 5.75 Å². The molecule has 118 valence electrons. The topological polar surface area (TPSA) is 76.4 Å². The highest BCUT2D eigenvalue weighted by Gasteiger charge is 2.42.